The van der Waals surface area contributed by atoms with Crippen LogP contribution in [0.3, 0.4) is 0 Å². The highest BCUT2D eigenvalue weighted by molar-refractivity contribution is 7.89. The molecule has 28 heavy (non-hydrogen) atoms. The highest BCUT2D eigenvalue weighted by atomic mass is 32.2. The number of aromatic nitrogens is 1. The number of nitrogens with zero attached hydrogens (tertiary/aromatic N) is 1. The van der Waals surface area contributed by atoms with Crippen molar-refractivity contribution in [2.75, 3.05) is 5.32 Å². The van der Waals surface area contributed by atoms with Gasteiger partial charge in [-0.05, 0) is 36.2 Å². The van der Waals surface area contributed by atoms with E-state index in [1.165, 1.54) is 41.7 Å². The molecule has 2 aromatic carbocycles. The highest BCUT2D eigenvalue weighted by Gasteiger charge is 2.13. The van der Waals surface area contributed by atoms with Crippen molar-refractivity contribution in [2.45, 2.75) is 24.7 Å². The van der Waals surface area contributed by atoms with Crippen LogP contribution in [0.25, 0.3) is 0 Å². The summed E-state index contributed by atoms with van der Waals surface area (Å²) in [5, 5.41) is 8.22. The van der Waals surface area contributed by atoms with Gasteiger partial charge in [-0.3, -0.25) is 4.79 Å². The molecule has 0 aliphatic carbocycles. The number of carbonyl (C=O) groups is 1. The van der Waals surface area contributed by atoms with Gasteiger partial charge in [0.15, 0.2) is 5.13 Å². The van der Waals surface area contributed by atoms with Crippen molar-refractivity contribution >= 4 is 32.4 Å². The maximum atomic E-state index is 13.8. The Kier molecular flexibility index (Phi) is 5.87. The molecule has 146 valence electrons. The van der Waals surface area contributed by atoms with Crippen LogP contribution in [0.2, 0.25) is 0 Å². The van der Waals surface area contributed by atoms with E-state index < -0.39 is 10.0 Å². The average Bonchev–Trinajstić information content (AvgIpc) is 2.95. The maximum absolute atomic E-state index is 13.8. The summed E-state index contributed by atoms with van der Waals surface area (Å²) in [7, 11) is -3.76. The standard InChI is InChI=1S/C19H18FN3O3S2/c1-12-17(11-14-4-2-3-5-16(14)20)27-19(22-12)23-18(24)10-13-6-8-15(9-7-13)28(21,25)26/h2-9H,10-11H2,1H3,(H2,21,25,26)(H,22,23,24). The van der Waals surface area contributed by atoms with E-state index in [0.717, 1.165) is 10.6 Å². The smallest absolute Gasteiger partial charge is 0.238 e. The largest absolute Gasteiger partial charge is 0.302 e. The number of thiazole rings is 1. The highest BCUT2D eigenvalue weighted by Crippen LogP contribution is 2.26. The number of benzene rings is 2. The van der Waals surface area contributed by atoms with E-state index in [1.807, 2.05) is 6.92 Å². The Balaban J connectivity index is 1.65. The molecule has 0 bridgehead atoms. The third-order valence-electron chi connectivity index (χ3n) is 4.06. The fraction of sp³-hybridized carbons (Fsp3) is 0.158. The van der Waals surface area contributed by atoms with Crippen molar-refractivity contribution in [3.63, 3.8) is 0 Å². The molecule has 0 spiro atoms. The topological polar surface area (TPSA) is 102 Å². The van der Waals surface area contributed by atoms with E-state index in [0.29, 0.717) is 22.7 Å². The Morgan fingerprint density at radius 3 is 2.50 bits per heavy atom. The van der Waals surface area contributed by atoms with Gasteiger partial charge in [0.25, 0.3) is 0 Å². The van der Waals surface area contributed by atoms with Crippen molar-refractivity contribution in [2.24, 2.45) is 5.14 Å². The van der Waals surface area contributed by atoms with Crippen molar-refractivity contribution in [3.05, 3.63) is 76.0 Å². The van der Waals surface area contributed by atoms with Crippen LogP contribution in [0.4, 0.5) is 9.52 Å². The lowest BCUT2D eigenvalue weighted by Crippen LogP contribution is -2.15. The third kappa shape index (κ3) is 5.00. The van der Waals surface area contributed by atoms with E-state index in [2.05, 4.69) is 10.3 Å². The van der Waals surface area contributed by atoms with Crippen LogP contribution in [0.1, 0.15) is 21.7 Å². The Labute approximate surface area is 166 Å². The number of rotatable bonds is 6. The van der Waals surface area contributed by atoms with Crippen LogP contribution in [0.15, 0.2) is 53.4 Å². The minimum absolute atomic E-state index is 0.00927. The Bertz CT molecular complexity index is 1110. The summed E-state index contributed by atoms with van der Waals surface area (Å²) >= 11 is 1.30. The first-order chi connectivity index (χ1) is 13.2. The molecule has 1 heterocycles. The molecule has 1 aromatic heterocycles. The van der Waals surface area contributed by atoms with Crippen LogP contribution >= 0.6 is 11.3 Å². The van der Waals surface area contributed by atoms with Gasteiger partial charge in [0, 0.05) is 11.3 Å². The van der Waals surface area contributed by atoms with Crippen LogP contribution in [0.5, 0.6) is 0 Å². The summed E-state index contributed by atoms with van der Waals surface area (Å²) in [5.74, 6) is -0.557. The quantitative estimate of drug-likeness (QED) is 0.641. The zero-order valence-electron chi connectivity index (χ0n) is 15.0. The predicted molar refractivity (Wildman–Crippen MR) is 106 cm³/mol. The zero-order chi connectivity index (χ0) is 20.3. The van der Waals surface area contributed by atoms with E-state index in [1.54, 1.807) is 18.2 Å². The Morgan fingerprint density at radius 1 is 1.18 bits per heavy atom. The lowest BCUT2D eigenvalue weighted by molar-refractivity contribution is -0.115. The summed E-state index contributed by atoms with van der Waals surface area (Å²) in [6.45, 7) is 1.81. The summed E-state index contributed by atoms with van der Waals surface area (Å²) in [4.78, 5) is 17.4. The van der Waals surface area contributed by atoms with E-state index >= 15 is 0 Å². The summed E-state index contributed by atoms with van der Waals surface area (Å²) in [6.07, 6.45) is 0.466. The molecule has 0 aliphatic heterocycles. The summed E-state index contributed by atoms with van der Waals surface area (Å²) in [5.41, 5.74) is 1.95. The molecule has 0 unspecified atom stereocenters. The third-order valence-corrected chi connectivity index (χ3v) is 6.07. The van der Waals surface area contributed by atoms with Crippen molar-refractivity contribution in [1.29, 1.82) is 0 Å². The van der Waals surface area contributed by atoms with Gasteiger partial charge in [0.1, 0.15) is 5.82 Å². The first kappa shape index (κ1) is 20.1. The van der Waals surface area contributed by atoms with Crippen molar-refractivity contribution < 1.29 is 17.6 Å². The molecule has 3 N–H and O–H groups in total. The van der Waals surface area contributed by atoms with Crippen LogP contribution in [-0.2, 0) is 27.7 Å². The Hall–Kier alpha value is -2.62. The lowest BCUT2D eigenvalue weighted by Gasteiger charge is -2.03. The number of nitrogens with one attached hydrogen (secondary N) is 1. The second kappa shape index (κ2) is 8.17. The zero-order valence-corrected chi connectivity index (χ0v) is 16.6. The molecule has 0 atom stereocenters. The average molecular weight is 420 g/mol. The van der Waals surface area contributed by atoms with Crippen molar-refractivity contribution in [1.82, 2.24) is 4.98 Å². The number of hydrogen-bond donors (Lipinski definition) is 2. The minimum Gasteiger partial charge on any atom is -0.302 e. The Morgan fingerprint density at radius 2 is 1.86 bits per heavy atom. The SMILES string of the molecule is Cc1nc(NC(=O)Cc2ccc(S(N)(=O)=O)cc2)sc1Cc1ccccc1F. The number of primary sulfonamides is 1. The molecular weight excluding hydrogens is 401 g/mol. The molecule has 3 aromatic rings. The normalized spacial score (nSPS) is 11.4. The molecule has 0 saturated heterocycles. The molecule has 0 aliphatic rings. The van der Waals surface area contributed by atoms with Crippen LogP contribution < -0.4 is 10.5 Å². The minimum atomic E-state index is -3.76. The van der Waals surface area contributed by atoms with Gasteiger partial charge in [0.2, 0.25) is 15.9 Å². The summed E-state index contributed by atoms with van der Waals surface area (Å²) < 4.78 is 36.4. The molecule has 0 saturated carbocycles. The molecule has 6 nitrogen and oxygen atoms in total. The second-order valence-electron chi connectivity index (χ2n) is 6.21. The molecule has 9 heteroatoms. The van der Waals surface area contributed by atoms with Gasteiger partial charge in [-0.2, -0.15) is 0 Å². The number of nitrogens with two attached hydrogens (primary N) is 1. The fourth-order valence-electron chi connectivity index (χ4n) is 2.61. The second-order valence-corrected chi connectivity index (χ2v) is 8.85. The fourth-order valence-corrected chi connectivity index (χ4v) is 4.12. The van der Waals surface area contributed by atoms with E-state index in [9.17, 15) is 17.6 Å². The molecule has 1 amide bonds. The molecule has 3 rings (SSSR count). The van der Waals surface area contributed by atoms with E-state index in [-0.39, 0.29) is 23.0 Å². The van der Waals surface area contributed by atoms with Crippen molar-refractivity contribution in [3.8, 4) is 0 Å². The van der Waals surface area contributed by atoms with Gasteiger partial charge in [-0.25, -0.2) is 22.9 Å². The van der Waals surface area contributed by atoms with Crippen LogP contribution in [0, 0.1) is 12.7 Å². The van der Waals surface area contributed by atoms with Crippen LogP contribution in [-0.4, -0.2) is 19.3 Å². The number of halogens is 1. The maximum Gasteiger partial charge on any atom is 0.238 e. The molecule has 0 fully saturated rings. The number of aryl methyl sites for hydroxylation is 1. The predicted octanol–water partition coefficient (Wildman–Crippen LogP) is 3.01. The van der Waals surface area contributed by atoms with Gasteiger partial charge in [0.05, 0.1) is 17.0 Å². The van der Waals surface area contributed by atoms with Gasteiger partial charge >= 0.3 is 0 Å². The lowest BCUT2D eigenvalue weighted by atomic mass is 10.1. The summed E-state index contributed by atoms with van der Waals surface area (Å²) in [6, 6.07) is 12.3. The number of anilines is 1. The first-order valence-electron chi connectivity index (χ1n) is 8.33. The number of carbonyl (C=O) groups excluding carboxylic acids is 1. The van der Waals surface area contributed by atoms with Gasteiger partial charge in [-0.15, -0.1) is 11.3 Å². The molecular formula is C19H18FN3O3S2. The van der Waals surface area contributed by atoms with Gasteiger partial charge in [-0.1, -0.05) is 30.3 Å². The van der Waals surface area contributed by atoms with Gasteiger partial charge < -0.3 is 5.32 Å². The number of hydrogen-bond acceptors (Lipinski definition) is 5. The molecule has 0 radical (unpaired) electrons. The van der Waals surface area contributed by atoms with E-state index in [4.69, 9.17) is 5.14 Å². The first-order valence-corrected chi connectivity index (χ1v) is 10.7. The number of amides is 1. The number of sulfonamides is 1. The monoisotopic (exact) mass is 419 g/mol.